The highest BCUT2D eigenvalue weighted by molar-refractivity contribution is 5.72. The molecule has 0 fully saturated rings. The van der Waals surface area contributed by atoms with E-state index in [-0.39, 0.29) is 0 Å². The summed E-state index contributed by atoms with van der Waals surface area (Å²) in [5.74, 6) is 0. The standard InChI is InChI=1S/C25H19N/c1-3-7-20(8-4-1)11-12-21-13-15-23(16-14-21)25-18-17-24(19-26-25)22-9-5-2-6-10-22/h1-19H/b12-11+. The number of pyridine rings is 1. The van der Waals surface area contributed by atoms with Crippen molar-refractivity contribution < 1.29 is 0 Å². The SMILES string of the molecule is C(=C\c1ccc(-c2ccc(-c3ccccc3)cn2)cc1)/c1ccccc1. The van der Waals surface area contributed by atoms with Gasteiger partial charge in [0.2, 0.25) is 0 Å². The van der Waals surface area contributed by atoms with Crippen molar-refractivity contribution >= 4 is 12.2 Å². The zero-order valence-corrected chi connectivity index (χ0v) is 14.4. The fourth-order valence-corrected chi connectivity index (χ4v) is 2.89. The molecule has 1 nitrogen and oxygen atoms in total. The molecule has 0 amide bonds. The highest BCUT2D eigenvalue weighted by atomic mass is 14.7. The van der Waals surface area contributed by atoms with Gasteiger partial charge in [-0.2, -0.15) is 0 Å². The van der Waals surface area contributed by atoms with Crippen molar-refractivity contribution in [2.24, 2.45) is 0 Å². The molecule has 0 N–H and O–H groups in total. The second-order valence-corrected chi connectivity index (χ2v) is 6.16. The van der Waals surface area contributed by atoms with Gasteiger partial charge in [-0.3, -0.25) is 4.98 Å². The first-order chi connectivity index (χ1) is 12.9. The van der Waals surface area contributed by atoms with Crippen LogP contribution < -0.4 is 0 Å². The summed E-state index contributed by atoms with van der Waals surface area (Å²) in [6.07, 6.45) is 6.20. The zero-order chi connectivity index (χ0) is 17.6. The third-order valence-electron chi connectivity index (χ3n) is 4.34. The van der Waals surface area contributed by atoms with Gasteiger partial charge >= 0.3 is 0 Å². The highest BCUT2D eigenvalue weighted by Gasteiger charge is 2.01. The average Bonchev–Trinajstić information content (AvgIpc) is 2.74. The van der Waals surface area contributed by atoms with Gasteiger partial charge in [0.25, 0.3) is 0 Å². The predicted molar refractivity (Wildman–Crippen MR) is 110 cm³/mol. The Morgan fingerprint density at radius 3 is 1.65 bits per heavy atom. The van der Waals surface area contributed by atoms with E-state index in [1.54, 1.807) is 0 Å². The lowest BCUT2D eigenvalue weighted by Crippen LogP contribution is -1.85. The summed E-state index contributed by atoms with van der Waals surface area (Å²) in [6.45, 7) is 0. The number of rotatable bonds is 4. The van der Waals surface area contributed by atoms with Crippen LogP contribution in [-0.4, -0.2) is 4.98 Å². The largest absolute Gasteiger partial charge is 0.256 e. The highest BCUT2D eigenvalue weighted by Crippen LogP contribution is 2.23. The normalized spacial score (nSPS) is 10.9. The molecule has 0 aliphatic carbocycles. The molecular weight excluding hydrogens is 314 g/mol. The predicted octanol–water partition coefficient (Wildman–Crippen LogP) is 6.59. The summed E-state index contributed by atoms with van der Waals surface area (Å²) >= 11 is 0. The van der Waals surface area contributed by atoms with Crippen LogP contribution in [0.5, 0.6) is 0 Å². The molecule has 0 unspecified atom stereocenters. The number of hydrogen-bond donors (Lipinski definition) is 0. The van der Waals surface area contributed by atoms with Gasteiger partial charge in [0.1, 0.15) is 0 Å². The minimum atomic E-state index is 0.989. The lowest BCUT2D eigenvalue weighted by molar-refractivity contribution is 1.32. The van der Waals surface area contributed by atoms with Crippen molar-refractivity contribution in [3.05, 3.63) is 114 Å². The van der Waals surface area contributed by atoms with E-state index >= 15 is 0 Å². The van der Waals surface area contributed by atoms with Crippen LogP contribution in [0.1, 0.15) is 11.1 Å². The molecular formula is C25H19N. The molecule has 0 atom stereocenters. The molecule has 124 valence electrons. The molecule has 1 aromatic heterocycles. The maximum atomic E-state index is 4.63. The van der Waals surface area contributed by atoms with E-state index in [4.69, 9.17) is 0 Å². The quantitative estimate of drug-likeness (QED) is 0.384. The first kappa shape index (κ1) is 16.0. The van der Waals surface area contributed by atoms with Crippen LogP contribution in [-0.2, 0) is 0 Å². The van der Waals surface area contributed by atoms with Crippen molar-refractivity contribution in [2.75, 3.05) is 0 Å². The maximum absolute atomic E-state index is 4.63. The molecule has 0 radical (unpaired) electrons. The molecule has 0 aliphatic heterocycles. The molecule has 3 aromatic carbocycles. The van der Waals surface area contributed by atoms with Crippen LogP contribution >= 0.6 is 0 Å². The summed E-state index contributed by atoms with van der Waals surface area (Å²) in [5.41, 5.74) is 6.82. The Morgan fingerprint density at radius 2 is 1.04 bits per heavy atom. The van der Waals surface area contributed by atoms with Crippen LogP contribution in [0.15, 0.2) is 103 Å². The van der Waals surface area contributed by atoms with E-state index in [9.17, 15) is 0 Å². The number of hydrogen-bond acceptors (Lipinski definition) is 1. The van der Waals surface area contributed by atoms with Crippen molar-refractivity contribution in [3.63, 3.8) is 0 Å². The van der Waals surface area contributed by atoms with E-state index in [1.807, 2.05) is 42.6 Å². The molecule has 0 bridgehead atoms. The Kier molecular flexibility index (Phi) is 4.70. The van der Waals surface area contributed by atoms with Crippen molar-refractivity contribution in [1.29, 1.82) is 0 Å². The molecule has 0 saturated heterocycles. The van der Waals surface area contributed by atoms with Gasteiger partial charge in [0.05, 0.1) is 5.69 Å². The van der Waals surface area contributed by atoms with Gasteiger partial charge in [-0.25, -0.2) is 0 Å². The number of benzene rings is 3. The van der Waals surface area contributed by atoms with Crippen LogP contribution in [0.3, 0.4) is 0 Å². The summed E-state index contributed by atoms with van der Waals surface area (Å²) in [4.78, 5) is 4.63. The monoisotopic (exact) mass is 333 g/mol. The molecule has 0 saturated carbocycles. The fraction of sp³-hybridized carbons (Fsp3) is 0. The molecule has 1 heterocycles. The van der Waals surface area contributed by atoms with Crippen molar-refractivity contribution in [2.45, 2.75) is 0 Å². The van der Waals surface area contributed by atoms with Crippen LogP contribution in [0.2, 0.25) is 0 Å². The molecule has 0 aliphatic rings. The van der Waals surface area contributed by atoms with Crippen LogP contribution in [0.4, 0.5) is 0 Å². The Balaban J connectivity index is 1.51. The topological polar surface area (TPSA) is 12.9 Å². The first-order valence-corrected chi connectivity index (χ1v) is 8.73. The Bertz CT molecular complexity index is 983. The summed E-state index contributed by atoms with van der Waals surface area (Å²) in [7, 11) is 0. The molecule has 26 heavy (non-hydrogen) atoms. The van der Waals surface area contributed by atoms with Gasteiger partial charge in [-0.15, -0.1) is 0 Å². The van der Waals surface area contributed by atoms with Crippen molar-refractivity contribution in [3.8, 4) is 22.4 Å². The first-order valence-electron chi connectivity index (χ1n) is 8.73. The minimum absolute atomic E-state index is 0.989. The zero-order valence-electron chi connectivity index (χ0n) is 14.4. The summed E-state index contributed by atoms with van der Waals surface area (Å²) < 4.78 is 0. The van der Waals surface area contributed by atoms with E-state index < -0.39 is 0 Å². The second-order valence-electron chi connectivity index (χ2n) is 6.16. The van der Waals surface area contributed by atoms with E-state index in [2.05, 4.69) is 77.8 Å². The van der Waals surface area contributed by atoms with Gasteiger partial charge in [0.15, 0.2) is 0 Å². The van der Waals surface area contributed by atoms with E-state index in [1.165, 1.54) is 16.7 Å². The second kappa shape index (κ2) is 7.62. The van der Waals surface area contributed by atoms with Crippen molar-refractivity contribution in [1.82, 2.24) is 4.98 Å². The number of aromatic nitrogens is 1. The maximum Gasteiger partial charge on any atom is 0.0702 e. The Morgan fingerprint density at radius 1 is 0.462 bits per heavy atom. The Hall–Kier alpha value is -3.45. The van der Waals surface area contributed by atoms with Gasteiger partial charge in [0, 0.05) is 17.3 Å². The fourth-order valence-electron chi connectivity index (χ4n) is 2.89. The Labute approximate surface area is 154 Å². The van der Waals surface area contributed by atoms with Gasteiger partial charge in [-0.05, 0) is 22.8 Å². The van der Waals surface area contributed by atoms with Crippen LogP contribution in [0.25, 0.3) is 34.5 Å². The van der Waals surface area contributed by atoms with E-state index in [0.717, 1.165) is 16.8 Å². The third kappa shape index (κ3) is 3.79. The van der Waals surface area contributed by atoms with Gasteiger partial charge < -0.3 is 0 Å². The van der Waals surface area contributed by atoms with Crippen LogP contribution in [0, 0.1) is 0 Å². The van der Waals surface area contributed by atoms with E-state index in [0.29, 0.717) is 0 Å². The lowest BCUT2D eigenvalue weighted by atomic mass is 10.0. The average molecular weight is 333 g/mol. The molecule has 0 spiro atoms. The molecule has 4 rings (SSSR count). The molecule has 4 aromatic rings. The smallest absolute Gasteiger partial charge is 0.0702 e. The summed E-state index contributed by atoms with van der Waals surface area (Å²) in [6, 6.07) is 33.4. The lowest BCUT2D eigenvalue weighted by Gasteiger charge is -2.04. The van der Waals surface area contributed by atoms with Gasteiger partial charge in [-0.1, -0.05) is 103 Å². The summed E-state index contributed by atoms with van der Waals surface area (Å²) in [5, 5.41) is 0. The molecule has 1 heteroatoms. The minimum Gasteiger partial charge on any atom is -0.256 e. The third-order valence-corrected chi connectivity index (χ3v) is 4.34. The number of nitrogens with zero attached hydrogens (tertiary/aromatic N) is 1.